The standard InChI is InChI=1S/C13H20N4/c1-8-5-15-9(2)13(16-8)17-6-11(10-3-4-10)12(14)7-17/h5,10-12H,3-4,6-7,14H2,1-2H3/t11-,12+/m0/s1. The summed E-state index contributed by atoms with van der Waals surface area (Å²) in [5.74, 6) is 2.56. The van der Waals surface area contributed by atoms with E-state index in [1.165, 1.54) is 12.8 Å². The second-order valence-electron chi connectivity index (χ2n) is 5.49. The second-order valence-corrected chi connectivity index (χ2v) is 5.49. The predicted octanol–water partition coefficient (Wildman–Crippen LogP) is 1.27. The Morgan fingerprint density at radius 3 is 2.76 bits per heavy atom. The van der Waals surface area contributed by atoms with Gasteiger partial charge in [0.15, 0.2) is 0 Å². The number of aryl methyl sites for hydroxylation is 2. The fourth-order valence-electron chi connectivity index (χ4n) is 2.87. The molecule has 0 aromatic carbocycles. The normalized spacial score (nSPS) is 28.8. The lowest BCUT2D eigenvalue weighted by atomic mass is 9.99. The highest BCUT2D eigenvalue weighted by molar-refractivity contribution is 5.45. The maximum Gasteiger partial charge on any atom is 0.150 e. The number of anilines is 1. The molecule has 0 unspecified atom stereocenters. The number of hydrogen-bond acceptors (Lipinski definition) is 4. The Morgan fingerprint density at radius 2 is 2.06 bits per heavy atom. The molecule has 0 bridgehead atoms. The molecule has 1 aliphatic heterocycles. The second kappa shape index (κ2) is 3.95. The van der Waals surface area contributed by atoms with Crippen molar-refractivity contribution in [3.05, 3.63) is 17.6 Å². The Bertz CT molecular complexity index is 427. The summed E-state index contributed by atoms with van der Waals surface area (Å²) in [5, 5.41) is 0. The van der Waals surface area contributed by atoms with Gasteiger partial charge in [-0.1, -0.05) is 0 Å². The van der Waals surface area contributed by atoms with Crippen LogP contribution in [0.3, 0.4) is 0 Å². The van der Waals surface area contributed by atoms with E-state index in [9.17, 15) is 0 Å². The Morgan fingerprint density at radius 1 is 1.29 bits per heavy atom. The van der Waals surface area contributed by atoms with E-state index in [1.807, 2.05) is 20.0 Å². The van der Waals surface area contributed by atoms with E-state index in [0.717, 1.165) is 36.2 Å². The van der Waals surface area contributed by atoms with Crippen LogP contribution in [0, 0.1) is 25.7 Å². The van der Waals surface area contributed by atoms with Crippen LogP contribution in [0.15, 0.2) is 6.20 Å². The van der Waals surface area contributed by atoms with Crippen LogP contribution in [0.1, 0.15) is 24.2 Å². The van der Waals surface area contributed by atoms with Gasteiger partial charge in [0.2, 0.25) is 0 Å². The molecule has 2 N–H and O–H groups in total. The molecule has 1 aromatic rings. The maximum absolute atomic E-state index is 6.25. The third-order valence-electron chi connectivity index (χ3n) is 3.99. The fraction of sp³-hybridized carbons (Fsp3) is 0.692. The van der Waals surface area contributed by atoms with Gasteiger partial charge in [0.1, 0.15) is 5.82 Å². The lowest BCUT2D eigenvalue weighted by molar-refractivity contribution is 0.456. The van der Waals surface area contributed by atoms with Crippen LogP contribution in [0.5, 0.6) is 0 Å². The molecule has 0 spiro atoms. The number of nitrogens with zero attached hydrogens (tertiary/aromatic N) is 3. The number of rotatable bonds is 2. The molecule has 2 atom stereocenters. The molecule has 2 heterocycles. The number of nitrogens with two attached hydrogens (primary N) is 1. The minimum absolute atomic E-state index is 0.309. The van der Waals surface area contributed by atoms with Gasteiger partial charge in [-0.05, 0) is 38.5 Å². The molecule has 4 heteroatoms. The van der Waals surface area contributed by atoms with Crippen LogP contribution >= 0.6 is 0 Å². The summed E-state index contributed by atoms with van der Waals surface area (Å²) in [4.78, 5) is 11.3. The van der Waals surface area contributed by atoms with Gasteiger partial charge in [-0.25, -0.2) is 4.98 Å². The van der Waals surface area contributed by atoms with Crippen molar-refractivity contribution in [2.75, 3.05) is 18.0 Å². The molecule has 2 aliphatic rings. The van der Waals surface area contributed by atoms with E-state index >= 15 is 0 Å². The highest BCUT2D eigenvalue weighted by Crippen LogP contribution is 2.41. The van der Waals surface area contributed by atoms with Crippen molar-refractivity contribution in [2.24, 2.45) is 17.6 Å². The van der Waals surface area contributed by atoms with Crippen molar-refractivity contribution >= 4 is 5.82 Å². The molecule has 1 saturated heterocycles. The molecule has 0 amide bonds. The first-order chi connectivity index (χ1) is 8.15. The van der Waals surface area contributed by atoms with E-state index in [0.29, 0.717) is 12.0 Å². The third-order valence-corrected chi connectivity index (χ3v) is 3.99. The molecule has 2 fully saturated rings. The molecule has 1 aromatic heterocycles. The minimum Gasteiger partial charge on any atom is -0.353 e. The van der Waals surface area contributed by atoms with Gasteiger partial charge in [0.25, 0.3) is 0 Å². The first-order valence-electron chi connectivity index (χ1n) is 6.46. The molecule has 3 rings (SSSR count). The van der Waals surface area contributed by atoms with Crippen molar-refractivity contribution in [3.63, 3.8) is 0 Å². The molecule has 1 saturated carbocycles. The molecule has 17 heavy (non-hydrogen) atoms. The fourth-order valence-corrected chi connectivity index (χ4v) is 2.87. The van der Waals surface area contributed by atoms with Crippen molar-refractivity contribution in [3.8, 4) is 0 Å². The maximum atomic E-state index is 6.25. The van der Waals surface area contributed by atoms with Crippen molar-refractivity contribution in [1.82, 2.24) is 9.97 Å². The summed E-state index contributed by atoms with van der Waals surface area (Å²) < 4.78 is 0. The lowest BCUT2D eigenvalue weighted by Gasteiger charge is -2.19. The highest BCUT2D eigenvalue weighted by Gasteiger charge is 2.41. The van der Waals surface area contributed by atoms with Gasteiger partial charge >= 0.3 is 0 Å². The first kappa shape index (κ1) is 11.0. The summed E-state index contributed by atoms with van der Waals surface area (Å²) in [6.45, 7) is 6.01. The topological polar surface area (TPSA) is 55.0 Å². The van der Waals surface area contributed by atoms with E-state index in [1.54, 1.807) is 0 Å². The van der Waals surface area contributed by atoms with Crippen LogP contribution in [-0.4, -0.2) is 29.1 Å². The van der Waals surface area contributed by atoms with Gasteiger partial charge in [0, 0.05) is 25.3 Å². The number of hydrogen-bond donors (Lipinski definition) is 1. The zero-order valence-electron chi connectivity index (χ0n) is 10.6. The zero-order chi connectivity index (χ0) is 12.0. The quantitative estimate of drug-likeness (QED) is 0.834. The van der Waals surface area contributed by atoms with Gasteiger partial charge < -0.3 is 10.6 Å². The van der Waals surface area contributed by atoms with E-state index < -0.39 is 0 Å². The van der Waals surface area contributed by atoms with Crippen LogP contribution in [0.4, 0.5) is 5.82 Å². The Kier molecular flexibility index (Phi) is 2.54. The summed E-state index contributed by atoms with van der Waals surface area (Å²) in [5.41, 5.74) is 8.24. The summed E-state index contributed by atoms with van der Waals surface area (Å²) in [6, 6.07) is 0.309. The summed E-state index contributed by atoms with van der Waals surface area (Å²) in [6.07, 6.45) is 4.56. The molecule has 4 nitrogen and oxygen atoms in total. The molecular formula is C13H20N4. The zero-order valence-corrected chi connectivity index (χ0v) is 10.6. The van der Waals surface area contributed by atoms with E-state index in [-0.39, 0.29) is 0 Å². The SMILES string of the molecule is Cc1cnc(C)c(N2C[C@@H](N)[C@H](C3CC3)C2)n1. The first-order valence-corrected chi connectivity index (χ1v) is 6.46. The van der Waals surface area contributed by atoms with Gasteiger partial charge in [-0.15, -0.1) is 0 Å². The smallest absolute Gasteiger partial charge is 0.150 e. The summed E-state index contributed by atoms with van der Waals surface area (Å²) in [7, 11) is 0. The van der Waals surface area contributed by atoms with Gasteiger partial charge in [-0.3, -0.25) is 4.98 Å². The van der Waals surface area contributed by atoms with Crippen LogP contribution < -0.4 is 10.6 Å². The van der Waals surface area contributed by atoms with Gasteiger partial charge in [-0.2, -0.15) is 0 Å². The van der Waals surface area contributed by atoms with Crippen LogP contribution in [0.25, 0.3) is 0 Å². The lowest BCUT2D eigenvalue weighted by Crippen LogP contribution is -2.30. The Hall–Kier alpha value is -1.16. The van der Waals surface area contributed by atoms with E-state index in [2.05, 4.69) is 14.9 Å². The predicted molar refractivity (Wildman–Crippen MR) is 67.9 cm³/mol. The minimum atomic E-state index is 0.309. The molecular weight excluding hydrogens is 212 g/mol. The highest BCUT2D eigenvalue weighted by atomic mass is 15.2. The average Bonchev–Trinajstić information content (AvgIpc) is 3.06. The average molecular weight is 232 g/mol. The molecule has 1 aliphatic carbocycles. The van der Waals surface area contributed by atoms with Crippen LogP contribution in [-0.2, 0) is 0 Å². The Balaban J connectivity index is 1.82. The Labute approximate surface area is 102 Å². The van der Waals surface area contributed by atoms with Gasteiger partial charge in [0.05, 0.1) is 11.4 Å². The van der Waals surface area contributed by atoms with Crippen molar-refractivity contribution in [1.29, 1.82) is 0 Å². The third kappa shape index (κ3) is 2.02. The monoisotopic (exact) mass is 232 g/mol. The van der Waals surface area contributed by atoms with Crippen molar-refractivity contribution in [2.45, 2.75) is 32.7 Å². The summed E-state index contributed by atoms with van der Waals surface area (Å²) >= 11 is 0. The molecule has 0 radical (unpaired) electrons. The number of aromatic nitrogens is 2. The largest absolute Gasteiger partial charge is 0.353 e. The van der Waals surface area contributed by atoms with Crippen molar-refractivity contribution < 1.29 is 0 Å². The van der Waals surface area contributed by atoms with E-state index in [4.69, 9.17) is 5.73 Å². The van der Waals surface area contributed by atoms with Crippen LogP contribution in [0.2, 0.25) is 0 Å². The molecule has 92 valence electrons.